The highest BCUT2D eigenvalue weighted by Crippen LogP contribution is 2.43. The highest BCUT2D eigenvalue weighted by molar-refractivity contribution is 7.47. The van der Waals surface area contributed by atoms with Crippen LogP contribution >= 0.6 is 7.82 Å². The summed E-state index contributed by atoms with van der Waals surface area (Å²) in [5.74, 6) is -0.171. The van der Waals surface area contributed by atoms with Crippen molar-refractivity contribution < 1.29 is 32.9 Å². The van der Waals surface area contributed by atoms with Crippen molar-refractivity contribution >= 4 is 13.7 Å². The van der Waals surface area contributed by atoms with Crippen LogP contribution in [0.15, 0.2) is 12.2 Å². The second-order valence-corrected chi connectivity index (χ2v) is 21.8. The second-order valence-electron chi connectivity index (χ2n) is 20.3. The molecule has 0 aliphatic heterocycles. The van der Waals surface area contributed by atoms with E-state index in [1.807, 2.05) is 27.2 Å². The fourth-order valence-electron chi connectivity index (χ4n) is 8.40. The minimum atomic E-state index is -4.34. The lowest BCUT2D eigenvalue weighted by molar-refractivity contribution is -0.870. The Morgan fingerprint density at radius 1 is 0.524 bits per heavy atom. The van der Waals surface area contributed by atoms with Crippen LogP contribution in [0.5, 0.6) is 0 Å². The molecule has 3 N–H and O–H groups in total. The third-order valence-electron chi connectivity index (χ3n) is 12.8. The van der Waals surface area contributed by atoms with E-state index >= 15 is 0 Å². The van der Waals surface area contributed by atoms with Crippen LogP contribution < -0.4 is 5.32 Å². The molecular formula is C54H110N2O6P+. The number of rotatable bonds is 51. The van der Waals surface area contributed by atoms with Crippen LogP contribution in [0.25, 0.3) is 0 Å². The van der Waals surface area contributed by atoms with E-state index in [4.69, 9.17) is 9.05 Å². The van der Waals surface area contributed by atoms with Crippen molar-refractivity contribution in [1.29, 1.82) is 0 Å². The number of carbonyl (C=O) groups is 1. The van der Waals surface area contributed by atoms with Crippen molar-refractivity contribution in [1.82, 2.24) is 5.32 Å². The summed E-state index contributed by atoms with van der Waals surface area (Å²) in [5.41, 5.74) is 0. The van der Waals surface area contributed by atoms with E-state index in [0.29, 0.717) is 17.4 Å². The van der Waals surface area contributed by atoms with E-state index in [-0.39, 0.29) is 19.1 Å². The van der Waals surface area contributed by atoms with Crippen molar-refractivity contribution in [2.24, 2.45) is 0 Å². The predicted octanol–water partition coefficient (Wildman–Crippen LogP) is 16.3. The van der Waals surface area contributed by atoms with E-state index in [1.54, 1.807) is 6.08 Å². The fraction of sp³-hybridized carbons (Fsp3) is 0.944. The quantitative estimate of drug-likeness (QED) is 0.0243. The number of amides is 1. The second kappa shape index (κ2) is 46.4. The molecule has 0 aromatic carbocycles. The van der Waals surface area contributed by atoms with Gasteiger partial charge >= 0.3 is 7.82 Å². The molecule has 0 heterocycles. The minimum Gasteiger partial charge on any atom is -0.387 e. The molecule has 3 unspecified atom stereocenters. The molecule has 0 aliphatic carbocycles. The highest BCUT2D eigenvalue weighted by atomic mass is 31.2. The lowest BCUT2D eigenvalue weighted by Gasteiger charge is -2.25. The molecule has 1 amide bonds. The molecule has 0 aromatic heterocycles. The summed E-state index contributed by atoms with van der Waals surface area (Å²) in [5, 5.41) is 13.9. The lowest BCUT2D eigenvalue weighted by Crippen LogP contribution is -2.45. The number of phosphoric ester groups is 1. The minimum absolute atomic E-state index is 0.0651. The van der Waals surface area contributed by atoms with E-state index < -0.39 is 20.0 Å². The first-order valence-electron chi connectivity index (χ1n) is 27.6. The summed E-state index contributed by atoms with van der Waals surface area (Å²) in [7, 11) is 1.59. The Labute approximate surface area is 392 Å². The molecule has 376 valence electrons. The van der Waals surface area contributed by atoms with Gasteiger partial charge in [-0.15, -0.1) is 0 Å². The largest absolute Gasteiger partial charge is 0.472 e. The molecule has 0 aliphatic rings. The molecule has 0 bridgehead atoms. The Morgan fingerprint density at radius 2 is 0.841 bits per heavy atom. The first-order chi connectivity index (χ1) is 30.5. The number of carbonyl (C=O) groups excluding carboxylic acids is 1. The summed E-state index contributed by atoms with van der Waals surface area (Å²) < 4.78 is 23.7. The molecule has 0 saturated carbocycles. The van der Waals surface area contributed by atoms with E-state index in [2.05, 4.69) is 19.2 Å². The molecule has 63 heavy (non-hydrogen) atoms. The number of aliphatic hydroxyl groups excluding tert-OH is 1. The number of hydrogen-bond acceptors (Lipinski definition) is 5. The van der Waals surface area contributed by atoms with E-state index in [0.717, 1.165) is 32.1 Å². The fourth-order valence-corrected chi connectivity index (χ4v) is 9.13. The number of likely N-dealkylation sites (N-methyl/N-ethyl adjacent to an activating group) is 1. The normalized spacial score (nSPS) is 14.1. The lowest BCUT2D eigenvalue weighted by atomic mass is 10.0. The topological polar surface area (TPSA) is 105 Å². The van der Waals surface area contributed by atoms with Crippen molar-refractivity contribution in [2.75, 3.05) is 40.9 Å². The van der Waals surface area contributed by atoms with Crippen molar-refractivity contribution in [2.45, 2.75) is 289 Å². The molecule has 0 rings (SSSR count). The van der Waals surface area contributed by atoms with Gasteiger partial charge in [-0.1, -0.05) is 264 Å². The van der Waals surface area contributed by atoms with Crippen LogP contribution in [0.3, 0.4) is 0 Å². The summed E-state index contributed by atoms with van der Waals surface area (Å²) in [4.78, 5) is 23.2. The number of hydrogen-bond donors (Lipinski definition) is 3. The van der Waals surface area contributed by atoms with Crippen LogP contribution in [0.2, 0.25) is 0 Å². The SMILES string of the molecule is CCCCCCCCCCCCCCCCCCCCCCCC/C=C/C(O)C(COP(=O)(O)OCC[N+](C)(C)C)NC(=O)CCCCCCCCCCCCCCCCCCC. The first kappa shape index (κ1) is 62.2. The van der Waals surface area contributed by atoms with Gasteiger partial charge in [0.1, 0.15) is 13.2 Å². The Hall–Kier alpha value is -0.760. The maximum Gasteiger partial charge on any atom is 0.472 e. The number of phosphoric acid groups is 1. The summed E-state index contributed by atoms with van der Waals surface area (Å²) in [6.07, 6.45) is 55.8. The van der Waals surface area contributed by atoms with Gasteiger partial charge in [0, 0.05) is 6.42 Å². The van der Waals surface area contributed by atoms with Crippen LogP contribution in [0.4, 0.5) is 0 Å². The van der Waals surface area contributed by atoms with Crippen LogP contribution in [-0.2, 0) is 18.4 Å². The predicted molar refractivity (Wildman–Crippen MR) is 272 cm³/mol. The van der Waals surface area contributed by atoms with Crippen LogP contribution in [0, 0.1) is 0 Å². The third kappa shape index (κ3) is 49.0. The van der Waals surface area contributed by atoms with Gasteiger partial charge in [0.15, 0.2) is 0 Å². The van der Waals surface area contributed by atoms with Gasteiger partial charge in [0.05, 0.1) is 39.9 Å². The number of aliphatic hydroxyl groups is 1. The molecule has 0 saturated heterocycles. The number of unbranched alkanes of at least 4 members (excludes halogenated alkanes) is 38. The Morgan fingerprint density at radius 3 is 1.17 bits per heavy atom. The first-order valence-corrected chi connectivity index (χ1v) is 29.1. The molecule has 0 aromatic rings. The highest BCUT2D eigenvalue weighted by Gasteiger charge is 2.27. The van der Waals surface area contributed by atoms with Gasteiger partial charge in [0.25, 0.3) is 0 Å². The number of quaternary nitrogens is 1. The van der Waals surface area contributed by atoms with Gasteiger partial charge < -0.3 is 19.8 Å². The average molecular weight is 914 g/mol. The molecule has 3 atom stereocenters. The smallest absolute Gasteiger partial charge is 0.387 e. The Kier molecular flexibility index (Phi) is 45.8. The summed E-state index contributed by atoms with van der Waals surface area (Å²) in [6.45, 7) is 4.86. The molecule has 8 nitrogen and oxygen atoms in total. The van der Waals surface area contributed by atoms with Gasteiger partial charge in [-0.05, 0) is 19.3 Å². The standard InChI is InChI=1S/C54H109N2O6P/c1-6-8-10-12-14-16-18-20-22-24-25-26-27-28-29-30-32-33-35-37-39-41-43-45-47-53(57)52(51-62-63(59,60)61-50-49-56(3,4)5)55-54(58)48-46-44-42-40-38-36-34-31-23-21-19-17-15-13-11-9-7-2/h45,47,52-53,57H,6-44,46,48-51H2,1-5H3,(H-,55,58,59,60)/p+1/b47-45+. The maximum atomic E-state index is 12.9. The molecule has 0 fully saturated rings. The van der Waals surface area contributed by atoms with Crippen molar-refractivity contribution in [3.05, 3.63) is 12.2 Å². The zero-order valence-electron chi connectivity index (χ0n) is 42.8. The third-order valence-corrected chi connectivity index (χ3v) is 13.7. The number of nitrogens with zero attached hydrogens (tertiary/aromatic N) is 1. The Balaban J connectivity index is 4.21. The molecular weight excluding hydrogens is 804 g/mol. The summed E-state index contributed by atoms with van der Waals surface area (Å²) in [6, 6.07) is -0.841. The van der Waals surface area contributed by atoms with Crippen molar-refractivity contribution in [3.63, 3.8) is 0 Å². The number of allylic oxidation sites excluding steroid dienone is 1. The zero-order valence-corrected chi connectivity index (χ0v) is 43.7. The zero-order chi connectivity index (χ0) is 46.4. The average Bonchev–Trinajstić information content (AvgIpc) is 3.24. The van der Waals surface area contributed by atoms with E-state index in [1.165, 1.54) is 225 Å². The van der Waals surface area contributed by atoms with Crippen molar-refractivity contribution in [3.8, 4) is 0 Å². The van der Waals surface area contributed by atoms with E-state index in [9.17, 15) is 19.4 Å². The van der Waals surface area contributed by atoms with Crippen LogP contribution in [0.1, 0.15) is 277 Å². The maximum absolute atomic E-state index is 12.9. The number of nitrogens with one attached hydrogen (secondary N) is 1. The summed E-state index contributed by atoms with van der Waals surface area (Å²) >= 11 is 0. The van der Waals surface area contributed by atoms with Gasteiger partial charge in [0.2, 0.25) is 5.91 Å². The Bertz CT molecular complexity index is 1040. The molecule has 0 radical (unpaired) electrons. The van der Waals surface area contributed by atoms with Crippen LogP contribution in [-0.4, -0.2) is 73.4 Å². The molecule has 0 spiro atoms. The van der Waals surface area contributed by atoms with Gasteiger partial charge in [-0.25, -0.2) is 4.57 Å². The molecule has 9 heteroatoms. The monoisotopic (exact) mass is 914 g/mol. The van der Waals surface area contributed by atoms with Gasteiger partial charge in [-0.3, -0.25) is 13.8 Å². The van der Waals surface area contributed by atoms with Gasteiger partial charge in [-0.2, -0.15) is 0 Å².